The van der Waals surface area contributed by atoms with Crippen molar-refractivity contribution < 1.29 is 4.74 Å². The quantitative estimate of drug-likeness (QED) is 0.877. The molecule has 1 aromatic carbocycles. The van der Waals surface area contributed by atoms with Crippen molar-refractivity contribution in [3.8, 4) is 5.75 Å². The van der Waals surface area contributed by atoms with Crippen molar-refractivity contribution in [1.29, 1.82) is 0 Å². The molecule has 1 N–H and O–H groups in total. The minimum absolute atomic E-state index is 0.193. The lowest BCUT2D eigenvalue weighted by Crippen LogP contribution is -2.23. The highest BCUT2D eigenvalue weighted by atomic mass is 16.5. The van der Waals surface area contributed by atoms with E-state index < -0.39 is 0 Å². The number of ether oxygens (including phenoxy) is 1. The van der Waals surface area contributed by atoms with Crippen molar-refractivity contribution in [1.82, 2.24) is 15.3 Å². The first-order chi connectivity index (χ1) is 9.72. The molecule has 2 aromatic rings. The summed E-state index contributed by atoms with van der Waals surface area (Å²) in [7, 11) is 1.71. The summed E-state index contributed by atoms with van der Waals surface area (Å²) < 4.78 is 5.36. The molecule has 0 saturated heterocycles. The molecule has 0 amide bonds. The lowest BCUT2D eigenvalue weighted by molar-refractivity contribution is 0.408. The Kier molecular flexibility index (Phi) is 5.07. The number of nitrogens with one attached hydrogen (secondary N) is 1. The van der Waals surface area contributed by atoms with E-state index in [0.717, 1.165) is 30.1 Å². The number of nitrogens with zero attached hydrogens (tertiary/aromatic N) is 2. The number of benzene rings is 1. The number of aromatic nitrogens is 2. The van der Waals surface area contributed by atoms with E-state index >= 15 is 0 Å². The van der Waals surface area contributed by atoms with Gasteiger partial charge in [-0.1, -0.05) is 18.2 Å². The van der Waals surface area contributed by atoms with Gasteiger partial charge in [-0.05, 0) is 38.4 Å². The number of para-hydroxylation sites is 1. The Hall–Kier alpha value is -1.94. The van der Waals surface area contributed by atoms with Crippen molar-refractivity contribution in [3.05, 3.63) is 53.6 Å². The molecule has 0 saturated carbocycles. The Morgan fingerprint density at radius 3 is 2.70 bits per heavy atom. The van der Waals surface area contributed by atoms with Crippen LogP contribution in [0.4, 0.5) is 0 Å². The molecule has 2 rings (SSSR count). The van der Waals surface area contributed by atoms with Crippen molar-refractivity contribution in [2.75, 3.05) is 13.7 Å². The molecule has 4 heteroatoms. The molecular weight excluding hydrogens is 250 g/mol. The summed E-state index contributed by atoms with van der Waals surface area (Å²) in [5.41, 5.74) is 3.20. The van der Waals surface area contributed by atoms with Crippen molar-refractivity contribution in [3.63, 3.8) is 0 Å². The first-order valence-electron chi connectivity index (χ1n) is 6.85. The Bertz CT molecular complexity index is 557. The maximum absolute atomic E-state index is 5.36. The van der Waals surface area contributed by atoms with Gasteiger partial charge in [-0.15, -0.1) is 0 Å². The highest BCUT2D eigenvalue weighted by molar-refractivity contribution is 5.33. The molecule has 4 nitrogen and oxygen atoms in total. The summed E-state index contributed by atoms with van der Waals surface area (Å²) in [6, 6.07) is 8.30. The van der Waals surface area contributed by atoms with Crippen molar-refractivity contribution >= 4 is 0 Å². The smallest absolute Gasteiger partial charge is 0.122 e. The molecule has 0 aliphatic rings. The van der Waals surface area contributed by atoms with Gasteiger partial charge >= 0.3 is 0 Å². The van der Waals surface area contributed by atoms with Gasteiger partial charge in [0.05, 0.1) is 18.5 Å². The van der Waals surface area contributed by atoms with Crippen LogP contribution in [0.2, 0.25) is 0 Å². The molecule has 106 valence electrons. The minimum atomic E-state index is 0.193. The van der Waals surface area contributed by atoms with E-state index in [0.29, 0.717) is 0 Å². The molecule has 1 unspecified atom stereocenters. The van der Waals surface area contributed by atoms with E-state index in [-0.39, 0.29) is 6.04 Å². The normalized spacial score (nSPS) is 12.2. The summed E-state index contributed by atoms with van der Waals surface area (Å²) in [5.74, 6) is 0.942. The van der Waals surface area contributed by atoms with Crippen LogP contribution in [-0.4, -0.2) is 23.6 Å². The summed E-state index contributed by atoms with van der Waals surface area (Å²) in [6.07, 6.45) is 4.38. The number of rotatable bonds is 6. The van der Waals surface area contributed by atoms with Crippen LogP contribution in [-0.2, 0) is 6.42 Å². The van der Waals surface area contributed by atoms with E-state index in [4.69, 9.17) is 4.74 Å². The molecule has 1 heterocycles. The van der Waals surface area contributed by atoms with E-state index in [2.05, 4.69) is 28.3 Å². The molecule has 20 heavy (non-hydrogen) atoms. The van der Waals surface area contributed by atoms with Crippen LogP contribution in [0, 0.1) is 6.92 Å². The van der Waals surface area contributed by atoms with Gasteiger partial charge in [0.25, 0.3) is 0 Å². The van der Waals surface area contributed by atoms with Crippen LogP contribution < -0.4 is 10.1 Å². The molecule has 1 aromatic heterocycles. The third-order valence-electron chi connectivity index (χ3n) is 3.37. The van der Waals surface area contributed by atoms with Gasteiger partial charge in [0.1, 0.15) is 5.75 Å². The van der Waals surface area contributed by atoms with E-state index in [9.17, 15) is 0 Å². The number of hydrogen-bond donors (Lipinski definition) is 1. The summed E-state index contributed by atoms with van der Waals surface area (Å²) >= 11 is 0. The van der Waals surface area contributed by atoms with E-state index in [1.54, 1.807) is 19.5 Å². The fourth-order valence-electron chi connectivity index (χ4n) is 2.27. The largest absolute Gasteiger partial charge is 0.496 e. The minimum Gasteiger partial charge on any atom is -0.496 e. The second-order valence-electron chi connectivity index (χ2n) is 4.76. The van der Waals surface area contributed by atoms with Gasteiger partial charge in [-0.25, -0.2) is 0 Å². The lowest BCUT2D eigenvalue weighted by atomic mass is 10.1. The number of aryl methyl sites for hydroxylation is 1. The predicted molar refractivity (Wildman–Crippen MR) is 79.9 cm³/mol. The predicted octanol–water partition coefficient (Wildman–Crippen LogP) is 2.69. The molecular formula is C16H21N3O. The fraction of sp³-hybridized carbons (Fsp3) is 0.375. The van der Waals surface area contributed by atoms with Gasteiger partial charge < -0.3 is 10.1 Å². The summed E-state index contributed by atoms with van der Waals surface area (Å²) in [5, 5.41) is 3.48. The molecule has 1 atom stereocenters. The molecule has 0 aliphatic heterocycles. The fourth-order valence-corrected chi connectivity index (χ4v) is 2.27. The van der Waals surface area contributed by atoms with E-state index in [1.807, 2.05) is 25.1 Å². The van der Waals surface area contributed by atoms with Gasteiger partial charge in [-0.2, -0.15) is 0 Å². The van der Waals surface area contributed by atoms with Crippen molar-refractivity contribution in [2.24, 2.45) is 0 Å². The topological polar surface area (TPSA) is 47.0 Å². The van der Waals surface area contributed by atoms with Gasteiger partial charge in [0, 0.05) is 18.4 Å². The van der Waals surface area contributed by atoms with Crippen LogP contribution in [0.3, 0.4) is 0 Å². The standard InChI is InChI=1S/C16H21N3O/c1-12(16-13(2)18-10-11-19-16)17-9-8-14-6-4-5-7-15(14)20-3/h4-7,10-12,17H,8-9H2,1-3H3. The Morgan fingerprint density at radius 1 is 1.20 bits per heavy atom. The highest BCUT2D eigenvalue weighted by Gasteiger charge is 2.10. The second-order valence-corrected chi connectivity index (χ2v) is 4.76. The molecule has 0 spiro atoms. The summed E-state index contributed by atoms with van der Waals surface area (Å²) in [6.45, 7) is 4.97. The van der Waals surface area contributed by atoms with Crippen LogP contribution in [0.25, 0.3) is 0 Å². The zero-order chi connectivity index (χ0) is 14.4. The zero-order valence-corrected chi connectivity index (χ0v) is 12.3. The monoisotopic (exact) mass is 271 g/mol. The van der Waals surface area contributed by atoms with Crippen LogP contribution in [0.5, 0.6) is 5.75 Å². The maximum atomic E-state index is 5.36. The zero-order valence-electron chi connectivity index (χ0n) is 12.3. The number of methoxy groups -OCH3 is 1. The molecule has 0 radical (unpaired) electrons. The summed E-state index contributed by atoms with van der Waals surface area (Å²) in [4.78, 5) is 8.66. The van der Waals surface area contributed by atoms with Crippen molar-refractivity contribution in [2.45, 2.75) is 26.3 Å². The SMILES string of the molecule is COc1ccccc1CCNC(C)c1nccnc1C. The highest BCUT2D eigenvalue weighted by Crippen LogP contribution is 2.18. The van der Waals surface area contributed by atoms with Crippen LogP contribution in [0.1, 0.15) is 29.9 Å². The number of hydrogen-bond acceptors (Lipinski definition) is 4. The van der Waals surface area contributed by atoms with E-state index in [1.165, 1.54) is 5.56 Å². The van der Waals surface area contributed by atoms with Gasteiger partial charge in [0.15, 0.2) is 0 Å². The lowest BCUT2D eigenvalue weighted by Gasteiger charge is -2.15. The average molecular weight is 271 g/mol. The van der Waals surface area contributed by atoms with Gasteiger partial charge in [0.2, 0.25) is 0 Å². The van der Waals surface area contributed by atoms with Gasteiger partial charge in [-0.3, -0.25) is 9.97 Å². The first kappa shape index (κ1) is 14.5. The maximum Gasteiger partial charge on any atom is 0.122 e. The molecule has 0 fully saturated rings. The first-order valence-corrected chi connectivity index (χ1v) is 6.85. The Balaban J connectivity index is 1.91. The second kappa shape index (κ2) is 7.01. The Morgan fingerprint density at radius 2 is 1.95 bits per heavy atom. The third kappa shape index (κ3) is 3.54. The molecule has 0 aliphatic carbocycles. The molecule has 0 bridgehead atoms. The van der Waals surface area contributed by atoms with Crippen LogP contribution >= 0.6 is 0 Å². The third-order valence-corrected chi connectivity index (χ3v) is 3.37. The Labute approximate surface area is 120 Å². The van der Waals surface area contributed by atoms with Crippen LogP contribution in [0.15, 0.2) is 36.7 Å². The average Bonchev–Trinajstić information content (AvgIpc) is 2.48.